The molecule has 3 aromatic carbocycles. The van der Waals surface area contributed by atoms with Gasteiger partial charge >= 0.3 is 5.97 Å². The molecule has 0 heterocycles. The second-order valence-corrected chi connectivity index (χ2v) is 6.74. The number of carbonyl (C=O) groups is 3. The van der Waals surface area contributed by atoms with Crippen LogP contribution in [0.25, 0.3) is 0 Å². The molecule has 31 heavy (non-hydrogen) atoms. The standard InChI is InChI=1S/C25H23NO5/c1-3-17-8-4-7-11-22(17)26-23(27)16-31-25(29)21-10-6-5-9-20(21)24(28)18-12-14-19(30-2)15-13-18/h4-15H,3,16H2,1-2H3,(H,26,27). The number of ketones is 1. The minimum absolute atomic E-state index is 0.102. The summed E-state index contributed by atoms with van der Waals surface area (Å²) >= 11 is 0. The van der Waals surface area contributed by atoms with Crippen LogP contribution in [0.1, 0.15) is 38.8 Å². The van der Waals surface area contributed by atoms with Gasteiger partial charge in [-0.05, 0) is 48.4 Å². The highest BCUT2D eigenvalue weighted by Crippen LogP contribution is 2.19. The average Bonchev–Trinajstić information content (AvgIpc) is 2.82. The Morgan fingerprint density at radius 1 is 0.839 bits per heavy atom. The van der Waals surface area contributed by atoms with Crippen LogP contribution in [0.2, 0.25) is 0 Å². The summed E-state index contributed by atoms with van der Waals surface area (Å²) in [5, 5.41) is 2.75. The highest BCUT2D eigenvalue weighted by molar-refractivity contribution is 6.14. The molecule has 0 aromatic heterocycles. The summed E-state index contributed by atoms with van der Waals surface area (Å²) in [4.78, 5) is 37.8. The number of rotatable bonds is 8. The van der Waals surface area contributed by atoms with Crippen molar-refractivity contribution >= 4 is 23.3 Å². The van der Waals surface area contributed by atoms with Gasteiger partial charge in [-0.2, -0.15) is 0 Å². The van der Waals surface area contributed by atoms with Gasteiger partial charge in [0.05, 0.1) is 12.7 Å². The minimum atomic E-state index is -0.739. The Kier molecular flexibility index (Phi) is 7.17. The normalized spacial score (nSPS) is 10.3. The molecule has 0 fully saturated rings. The molecular formula is C25H23NO5. The zero-order chi connectivity index (χ0) is 22.2. The summed E-state index contributed by atoms with van der Waals surface area (Å²) in [7, 11) is 1.54. The van der Waals surface area contributed by atoms with Crippen molar-refractivity contribution in [1.82, 2.24) is 0 Å². The molecular weight excluding hydrogens is 394 g/mol. The molecule has 0 spiro atoms. The van der Waals surface area contributed by atoms with Crippen molar-refractivity contribution in [3.05, 3.63) is 95.1 Å². The Morgan fingerprint density at radius 2 is 1.48 bits per heavy atom. The van der Waals surface area contributed by atoms with E-state index in [4.69, 9.17) is 9.47 Å². The van der Waals surface area contributed by atoms with Crippen molar-refractivity contribution in [2.75, 3.05) is 19.0 Å². The summed E-state index contributed by atoms with van der Waals surface area (Å²) in [5.74, 6) is -0.888. The molecule has 0 saturated carbocycles. The maximum atomic E-state index is 12.9. The largest absolute Gasteiger partial charge is 0.497 e. The average molecular weight is 417 g/mol. The number of anilines is 1. The van der Waals surface area contributed by atoms with Crippen molar-refractivity contribution in [3.8, 4) is 5.75 Å². The molecule has 6 nitrogen and oxygen atoms in total. The number of aryl methyl sites for hydroxylation is 1. The highest BCUT2D eigenvalue weighted by Gasteiger charge is 2.20. The lowest BCUT2D eigenvalue weighted by atomic mass is 9.98. The molecule has 0 radical (unpaired) electrons. The fraction of sp³-hybridized carbons (Fsp3) is 0.160. The van der Waals surface area contributed by atoms with Crippen molar-refractivity contribution in [2.45, 2.75) is 13.3 Å². The molecule has 3 rings (SSSR count). The molecule has 0 aliphatic carbocycles. The Labute approximate surface area is 180 Å². The van der Waals surface area contributed by atoms with Crippen LogP contribution in [0.4, 0.5) is 5.69 Å². The van der Waals surface area contributed by atoms with E-state index in [1.165, 1.54) is 6.07 Å². The lowest BCUT2D eigenvalue weighted by Crippen LogP contribution is -2.22. The molecule has 0 bridgehead atoms. The molecule has 1 amide bonds. The summed E-state index contributed by atoms with van der Waals surface area (Å²) in [6.45, 7) is 1.53. The van der Waals surface area contributed by atoms with Gasteiger partial charge in [-0.25, -0.2) is 4.79 Å². The van der Waals surface area contributed by atoms with E-state index in [9.17, 15) is 14.4 Å². The Balaban J connectivity index is 1.69. The van der Waals surface area contributed by atoms with Gasteiger partial charge in [-0.1, -0.05) is 43.3 Å². The van der Waals surface area contributed by atoms with Crippen LogP contribution in [0.3, 0.4) is 0 Å². The van der Waals surface area contributed by atoms with E-state index < -0.39 is 18.5 Å². The van der Waals surface area contributed by atoms with Crippen molar-refractivity contribution in [1.29, 1.82) is 0 Å². The number of hydrogen-bond donors (Lipinski definition) is 1. The van der Waals surface area contributed by atoms with Gasteiger partial charge in [0.15, 0.2) is 12.4 Å². The first-order chi connectivity index (χ1) is 15.0. The lowest BCUT2D eigenvalue weighted by Gasteiger charge is -2.11. The number of benzene rings is 3. The van der Waals surface area contributed by atoms with E-state index in [0.717, 1.165) is 12.0 Å². The van der Waals surface area contributed by atoms with Gasteiger partial charge in [0.2, 0.25) is 0 Å². The maximum Gasteiger partial charge on any atom is 0.339 e. The Bertz CT molecular complexity index is 1090. The zero-order valence-electron chi connectivity index (χ0n) is 17.4. The van der Waals surface area contributed by atoms with Crippen molar-refractivity contribution in [3.63, 3.8) is 0 Å². The number of carbonyl (C=O) groups excluding carboxylic acids is 3. The van der Waals surface area contributed by atoms with Crippen LogP contribution < -0.4 is 10.1 Å². The number of amides is 1. The number of methoxy groups -OCH3 is 1. The number of ether oxygens (including phenoxy) is 2. The number of nitrogens with one attached hydrogen (secondary N) is 1. The van der Waals surface area contributed by atoms with E-state index in [1.54, 1.807) is 55.6 Å². The Hall–Kier alpha value is -3.93. The van der Waals surface area contributed by atoms with Gasteiger partial charge in [-0.15, -0.1) is 0 Å². The van der Waals surface area contributed by atoms with Crippen LogP contribution >= 0.6 is 0 Å². The first-order valence-corrected chi connectivity index (χ1v) is 9.86. The van der Waals surface area contributed by atoms with Crippen LogP contribution in [-0.4, -0.2) is 31.4 Å². The maximum absolute atomic E-state index is 12.9. The van der Waals surface area contributed by atoms with Crippen LogP contribution in [0.15, 0.2) is 72.8 Å². The Morgan fingerprint density at radius 3 is 2.16 bits per heavy atom. The third kappa shape index (κ3) is 5.36. The van der Waals surface area contributed by atoms with Crippen LogP contribution in [0, 0.1) is 0 Å². The lowest BCUT2D eigenvalue weighted by molar-refractivity contribution is -0.119. The van der Waals surface area contributed by atoms with Crippen molar-refractivity contribution < 1.29 is 23.9 Å². The fourth-order valence-electron chi connectivity index (χ4n) is 3.10. The monoisotopic (exact) mass is 417 g/mol. The minimum Gasteiger partial charge on any atom is -0.497 e. The third-order valence-electron chi connectivity index (χ3n) is 4.75. The van der Waals surface area contributed by atoms with Crippen LogP contribution in [-0.2, 0) is 16.0 Å². The topological polar surface area (TPSA) is 81.7 Å². The quantitative estimate of drug-likeness (QED) is 0.437. The number of hydrogen-bond acceptors (Lipinski definition) is 5. The second-order valence-electron chi connectivity index (χ2n) is 6.74. The van der Waals surface area contributed by atoms with Gasteiger partial charge in [0.1, 0.15) is 5.75 Å². The predicted molar refractivity (Wildman–Crippen MR) is 118 cm³/mol. The summed E-state index contributed by atoms with van der Waals surface area (Å²) in [5.41, 5.74) is 2.38. The smallest absolute Gasteiger partial charge is 0.339 e. The molecule has 0 saturated heterocycles. The van der Waals surface area contributed by atoms with Gasteiger partial charge in [0.25, 0.3) is 5.91 Å². The molecule has 0 aliphatic rings. The first-order valence-electron chi connectivity index (χ1n) is 9.86. The van der Waals surface area contributed by atoms with Gasteiger partial charge in [0, 0.05) is 16.8 Å². The molecule has 3 aromatic rings. The van der Waals surface area contributed by atoms with Gasteiger partial charge < -0.3 is 14.8 Å². The van der Waals surface area contributed by atoms with Crippen molar-refractivity contribution in [2.24, 2.45) is 0 Å². The number of para-hydroxylation sites is 1. The van der Waals surface area contributed by atoms with E-state index in [-0.39, 0.29) is 16.9 Å². The van der Waals surface area contributed by atoms with E-state index in [2.05, 4.69) is 5.32 Å². The first kappa shape index (κ1) is 21.8. The fourth-order valence-corrected chi connectivity index (χ4v) is 3.10. The predicted octanol–water partition coefficient (Wildman–Crippen LogP) is 4.28. The zero-order valence-corrected chi connectivity index (χ0v) is 17.4. The highest BCUT2D eigenvalue weighted by atomic mass is 16.5. The summed E-state index contributed by atoms with van der Waals surface area (Å²) < 4.78 is 10.3. The van der Waals surface area contributed by atoms with E-state index in [1.807, 2.05) is 25.1 Å². The molecule has 6 heteroatoms. The molecule has 0 atom stereocenters. The summed E-state index contributed by atoms with van der Waals surface area (Å²) in [6.07, 6.45) is 0.761. The van der Waals surface area contributed by atoms with Gasteiger partial charge in [-0.3, -0.25) is 9.59 Å². The number of esters is 1. The second kappa shape index (κ2) is 10.2. The molecule has 1 N–H and O–H groups in total. The van der Waals surface area contributed by atoms with E-state index in [0.29, 0.717) is 17.0 Å². The SMILES string of the molecule is CCc1ccccc1NC(=O)COC(=O)c1ccccc1C(=O)c1ccc(OC)cc1. The van der Waals surface area contributed by atoms with E-state index >= 15 is 0 Å². The third-order valence-corrected chi connectivity index (χ3v) is 4.75. The molecule has 158 valence electrons. The molecule has 0 unspecified atom stereocenters. The summed E-state index contributed by atoms with van der Waals surface area (Å²) in [6, 6.07) is 20.4. The molecule has 0 aliphatic heterocycles. The van der Waals surface area contributed by atoms with Crippen LogP contribution in [0.5, 0.6) is 5.75 Å².